The molecule has 16 atom stereocenters. The van der Waals surface area contributed by atoms with Crippen LogP contribution in [0, 0.1) is 5.92 Å². The second-order valence-corrected chi connectivity index (χ2v) is 11.5. The number of nitrogens with two attached hydrogens (primary N) is 4. The number of ether oxygens (including phenoxy) is 3. The molecule has 20 heteroatoms. The van der Waals surface area contributed by atoms with Crippen LogP contribution in [0.1, 0.15) is 6.42 Å². The molecule has 3 aliphatic rings. The number of aliphatic hydroxyl groups is 8. The Labute approximate surface area is 251 Å². The number of alkyl halides is 2. The smallest absolute Gasteiger partial charge is 0.294 e. The molecule has 2 heterocycles. The lowest BCUT2D eigenvalue weighted by atomic mass is 9.71. The SMILES string of the molecule is NCC(F)(F)C(O)C(=O)N[C@@H]1C[C@H](N)C(C2O[C@H](CNCCO)[C@@H](O)[C@H](O)[C@H]2N)[C@H](O)[C@H]1O[C@H]1O[C@H](CO)[C@@H](O)[C@H](N)[C@H]1O. The summed E-state index contributed by atoms with van der Waals surface area (Å²) in [6.07, 6.45) is -18.4. The maximum Gasteiger partial charge on any atom is 0.294 e. The summed E-state index contributed by atoms with van der Waals surface area (Å²) in [6.45, 7) is -2.25. The van der Waals surface area contributed by atoms with Crippen molar-refractivity contribution in [2.45, 2.75) is 104 Å². The molecule has 0 radical (unpaired) electrons. The van der Waals surface area contributed by atoms with E-state index in [2.05, 4.69) is 10.6 Å². The van der Waals surface area contributed by atoms with Gasteiger partial charge in [-0.15, -0.1) is 0 Å². The third-order valence-electron chi connectivity index (χ3n) is 8.47. The van der Waals surface area contributed by atoms with Crippen LogP contribution in [-0.4, -0.2) is 177 Å². The normalized spacial score (nSPS) is 44.3. The van der Waals surface area contributed by atoms with E-state index in [9.17, 15) is 49.3 Å². The average molecular weight is 649 g/mol. The minimum Gasteiger partial charge on any atom is -0.395 e. The Balaban J connectivity index is 1.93. The summed E-state index contributed by atoms with van der Waals surface area (Å²) < 4.78 is 45.2. The molecule has 0 aromatic rings. The Morgan fingerprint density at radius 3 is 2.20 bits per heavy atom. The van der Waals surface area contributed by atoms with Gasteiger partial charge < -0.3 is 88.6 Å². The third kappa shape index (κ3) is 7.79. The first kappa shape index (κ1) is 37.2. The highest BCUT2D eigenvalue weighted by Crippen LogP contribution is 2.37. The molecule has 0 aromatic heterocycles. The number of carbonyl (C=O) groups excluding carboxylic acids is 1. The largest absolute Gasteiger partial charge is 0.395 e. The fraction of sp³-hybridized carbons (Fsp3) is 0.958. The molecule has 18 N–H and O–H groups in total. The first-order chi connectivity index (χ1) is 20.6. The monoisotopic (exact) mass is 648 g/mol. The fourth-order valence-corrected chi connectivity index (χ4v) is 5.85. The van der Waals surface area contributed by atoms with Crippen LogP contribution in [0.2, 0.25) is 0 Å². The van der Waals surface area contributed by atoms with Crippen LogP contribution in [0.4, 0.5) is 8.78 Å². The van der Waals surface area contributed by atoms with E-state index >= 15 is 0 Å². The Morgan fingerprint density at radius 2 is 1.61 bits per heavy atom. The second kappa shape index (κ2) is 15.5. The highest BCUT2D eigenvalue weighted by molar-refractivity contribution is 5.82. The van der Waals surface area contributed by atoms with Crippen molar-refractivity contribution in [2.75, 3.05) is 32.8 Å². The quantitative estimate of drug-likeness (QED) is 0.0873. The van der Waals surface area contributed by atoms with E-state index < -0.39 is 122 Å². The molecule has 3 fully saturated rings. The van der Waals surface area contributed by atoms with E-state index in [1.807, 2.05) is 0 Å². The van der Waals surface area contributed by atoms with Gasteiger partial charge in [0.2, 0.25) is 0 Å². The molecule has 18 nitrogen and oxygen atoms in total. The van der Waals surface area contributed by atoms with Gasteiger partial charge in [-0.2, -0.15) is 0 Å². The molecule has 44 heavy (non-hydrogen) atoms. The van der Waals surface area contributed by atoms with Crippen LogP contribution in [0.25, 0.3) is 0 Å². The molecular formula is C24H46F2N6O12. The molecule has 2 aliphatic heterocycles. The van der Waals surface area contributed by atoms with Crippen molar-refractivity contribution < 1.29 is 68.6 Å². The maximum atomic E-state index is 14.0. The number of hydrogen-bond acceptors (Lipinski definition) is 17. The van der Waals surface area contributed by atoms with Crippen LogP contribution in [0.5, 0.6) is 0 Å². The zero-order valence-electron chi connectivity index (χ0n) is 23.8. The van der Waals surface area contributed by atoms with Gasteiger partial charge in [0.15, 0.2) is 12.4 Å². The van der Waals surface area contributed by atoms with Crippen LogP contribution in [0.3, 0.4) is 0 Å². The fourth-order valence-electron chi connectivity index (χ4n) is 5.85. The molecule has 1 saturated carbocycles. The summed E-state index contributed by atoms with van der Waals surface area (Å²) >= 11 is 0. The second-order valence-electron chi connectivity index (χ2n) is 11.5. The lowest BCUT2D eigenvalue weighted by Gasteiger charge is -2.52. The lowest BCUT2D eigenvalue weighted by Crippen LogP contribution is -2.72. The van der Waals surface area contributed by atoms with Crippen molar-refractivity contribution >= 4 is 5.91 Å². The van der Waals surface area contributed by atoms with Gasteiger partial charge in [-0.3, -0.25) is 4.79 Å². The van der Waals surface area contributed by atoms with Crippen molar-refractivity contribution in [1.29, 1.82) is 0 Å². The van der Waals surface area contributed by atoms with Gasteiger partial charge in [-0.25, -0.2) is 8.78 Å². The van der Waals surface area contributed by atoms with Gasteiger partial charge in [0.05, 0.1) is 56.2 Å². The Kier molecular flexibility index (Phi) is 13.1. The summed E-state index contributed by atoms with van der Waals surface area (Å²) in [7, 11) is 0. The van der Waals surface area contributed by atoms with Gasteiger partial charge in [-0.1, -0.05) is 0 Å². The van der Waals surface area contributed by atoms with Crippen LogP contribution < -0.4 is 33.6 Å². The summed E-state index contributed by atoms with van der Waals surface area (Å²) in [5.74, 6) is -6.81. The summed E-state index contributed by atoms with van der Waals surface area (Å²) in [5.41, 5.74) is 23.4. The first-order valence-electron chi connectivity index (χ1n) is 14.2. The predicted molar refractivity (Wildman–Crippen MR) is 143 cm³/mol. The van der Waals surface area contributed by atoms with Crippen LogP contribution >= 0.6 is 0 Å². The molecule has 2 saturated heterocycles. The molecule has 0 bridgehead atoms. The number of carbonyl (C=O) groups is 1. The van der Waals surface area contributed by atoms with E-state index in [1.165, 1.54) is 0 Å². The van der Waals surface area contributed by atoms with E-state index in [0.29, 0.717) is 0 Å². The van der Waals surface area contributed by atoms with Gasteiger partial charge in [0.1, 0.15) is 36.6 Å². The topological polar surface area (TPSA) is 335 Å². The zero-order valence-corrected chi connectivity index (χ0v) is 23.8. The van der Waals surface area contributed by atoms with Crippen molar-refractivity contribution in [3.05, 3.63) is 0 Å². The molecule has 1 aliphatic carbocycles. The first-order valence-corrected chi connectivity index (χ1v) is 14.2. The van der Waals surface area contributed by atoms with Crippen molar-refractivity contribution in [1.82, 2.24) is 10.6 Å². The molecule has 1 amide bonds. The average Bonchev–Trinajstić information content (AvgIpc) is 2.99. The van der Waals surface area contributed by atoms with Gasteiger partial charge >= 0.3 is 0 Å². The van der Waals surface area contributed by atoms with Crippen molar-refractivity contribution in [2.24, 2.45) is 28.9 Å². The number of aliphatic hydroxyl groups excluding tert-OH is 8. The summed E-state index contributed by atoms with van der Waals surface area (Å²) in [4.78, 5) is 12.6. The highest BCUT2D eigenvalue weighted by atomic mass is 19.3. The van der Waals surface area contributed by atoms with E-state index in [0.717, 1.165) is 0 Å². The molecule has 0 aromatic carbocycles. The van der Waals surface area contributed by atoms with Crippen molar-refractivity contribution in [3.8, 4) is 0 Å². The number of amides is 1. The van der Waals surface area contributed by atoms with E-state index in [-0.39, 0.29) is 26.1 Å². The standard InChI is InChI=1S/C24H46F2N6O12/c25-24(26,6-27)21(40)22(41)32-8-3-7(28)11(20-13(30)17(38)15(36)9(42-20)4-31-1-2-33)16(37)19(8)44-23-18(39)12(29)14(35)10(5-34)43-23/h7-21,23,31,33-40H,1-6,27-30H2,(H,32,41)/t7-,8+,9+,10+,11?,12-,13+,14+,15+,16-,17+,18+,19-,20?,21?,23+/m0/s1. The number of rotatable bonds is 12. The lowest BCUT2D eigenvalue weighted by molar-refractivity contribution is -0.307. The zero-order chi connectivity index (χ0) is 33.1. The van der Waals surface area contributed by atoms with Gasteiger partial charge in [0, 0.05) is 25.0 Å². The molecule has 258 valence electrons. The van der Waals surface area contributed by atoms with Crippen LogP contribution in [-0.2, 0) is 19.0 Å². The Hall–Kier alpha value is -1.31. The number of nitrogens with one attached hydrogen (secondary N) is 2. The van der Waals surface area contributed by atoms with Crippen molar-refractivity contribution in [3.63, 3.8) is 0 Å². The number of hydrogen-bond donors (Lipinski definition) is 14. The van der Waals surface area contributed by atoms with Gasteiger partial charge in [0.25, 0.3) is 11.8 Å². The Bertz CT molecular complexity index is 933. The van der Waals surface area contributed by atoms with Crippen LogP contribution in [0.15, 0.2) is 0 Å². The molecule has 0 spiro atoms. The third-order valence-corrected chi connectivity index (χ3v) is 8.47. The van der Waals surface area contributed by atoms with Gasteiger partial charge in [-0.05, 0) is 6.42 Å². The minimum absolute atomic E-state index is 0.0449. The molecule has 3 unspecified atom stereocenters. The summed E-state index contributed by atoms with van der Waals surface area (Å²) in [6, 6.07) is -5.27. The number of halogens is 2. The predicted octanol–water partition coefficient (Wildman–Crippen LogP) is -8.32. The maximum absolute atomic E-state index is 14.0. The minimum atomic E-state index is -4.02. The molecule has 3 rings (SSSR count). The Morgan fingerprint density at radius 1 is 0.955 bits per heavy atom. The summed E-state index contributed by atoms with van der Waals surface area (Å²) in [5, 5.41) is 87.2. The highest BCUT2D eigenvalue weighted by Gasteiger charge is 2.56. The molecular weight excluding hydrogens is 602 g/mol. The van der Waals surface area contributed by atoms with E-state index in [1.54, 1.807) is 0 Å². The van der Waals surface area contributed by atoms with E-state index in [4.69, 9.17) is 42.3 Å².